The molecule has 0 aliphatic carbocycles. The number of nitrogens with one attached hydrogen (secondary N) is 2. The molecule has 3 rings (SSSR count). The molecule has 0 atom stereocenters. The van der Waals surface area contributed by atoms with E-state index < -0.39 is 11.8 Å². The van der Waals surface area contributed by atoms with E-state index in [2.05, 4.69) is 15.8 Å². The number of nitrogens with zero attached hydrogens (tertiary/aromatic N) is 1. The number of hydrazone groups is 1. The molecule has 0 aliphatic heterocycles. The van der Waals surface area contributed by atoms with Crippen molar-refractivity contribution in [1.29, 1.82) is 0 Å². The fourth-order valence-corrected chi connectivity index (χ4v) is 3.04. The van der Waals surface area contributed by atoms with E-state index in [0.29, 0.717) is 48.3 Å². The van der Waals surface area contributed by atoms with Crippen molar-refractivity contribution < 1.29 is 23.8 Å². The topological polar surface area (TPSA) is 98.2 Å². The summed E-state index contributed by atoms with van der Waals surface area (Å²) in [6, 6.07) is 20.1. The summed E-state index contributed by atoms with van der Waals surface area (Å²) < 4.78 is 17.0. The van der Waals surface area contributed by atoms with Gasteiger partial charge in [0.25, 0.3) is 0 Å². The van der Waals surface area contributed by atoms with Gasteiger partial charge in [0, 0.05) is 5.69 Å². The molecule has 35 heavy (non-hydrogen) atoms. The van der Waals surface area contributed by atoms with Crippen molar-refractivity contribution in [3.63, 3.8) is 0 Å². The van der Waals surface area contributed by atoms with Gasteiger partial charge in [-0.15, -0.1) is 0 Å². The molecule has 2 N–H and O–H groups in total. The molecular formula is C27H29N3O5. The second kappa shape index (κ2) is 12.8. The minimum absolute atomic E-state index is 0.410. The van der Waals surface area contributed by atoms with Gasteiger partial charge in [-0.05, 0) is 74.4 Å². The van der Waals surface area contributed by atoms with Crippen LogP contribution in [0.2, 0.25) is 0 Å². The number of anilines is 1. The molecule has 3 aromatic carbocycles. The van der Waals surface area contributed by atoms with Crippen LogP contribution in [0.3, 0.4) is 0 Å². The summed E-state index contributed by atoms with van der Waals surface area (Å²) in [5, 5.41) is 6.38. The van der Waals surface area contributed by atoms with Crippen LogP contribution in [0.4, 0.5) is 5.69 Å². The van der Waals surface area contributed by atoms with Crippen LogP contribution in [0.25, 0.3) is 0 Å². The van der Waals surface area contributed by atoms with Crippen molar-refractivity contribution in [2.24, 2.45) is 5.10 Å². The standard InChI is InChI=1S/C27H29N3O5/c1-4-33-23-13-11-22(12-14-23)29-26(31)27(32)30-28-17-21-10-15-24(25(16-21)34-5-2)35-18-20-8-6-19(3)7-9-20/h6-17H,4-5,18H2,1-3H3,(H,29,31)(H,30,32). The summed E-state index contributed by atoms with van der Waals surface area (Å²) in [6.45, 7) is 7.22. The number of benzene rings is 3. The maximum absolute atomic E-state index is 12.1. The minimum Gasteiger partial charge on any atom is -0.494 e. The lowest BCUT2D eigenvalue weighted by atomic mass is 10.2. The summed E-state index contributed by atoms with van der Waals surface area (Å²) >= 11 is 0. The third kappa shape index (κ3) is 7.89. The van der Waals surface area contributed by atoms with E-state index in [1.165, 1.54) is 11.8 Å². The van der Waals surface area contributed by atoms with Gasteiger partial charge in [-0.2, -0.15) is 5.10 Å². The van der Waals surface area contributed by atoms with E-state index in [4.69, 9.17) is 14.2 Å². The second-order valence-electron chi connectivity index (χ2n) is 7.52. The van der Waals surface area contributed by atoms with Gasteiger partial charge < -0.3 is 19.5 Å². The minimum atomic E-state index is -0.891. The SMILES string of the molecule is CCOc1ccc(NC(=O)C(=O)NN=Cc2ccc(OCc3ccc(C)cc3)c(OCC)c2)cc1. The summed E-state index contributed by atoms with van der Waals surface area (Å²) in [5.74, 6) is 0.114. The zero-order chi connectivity index (χ0) is 25.0. The Morgan fingerprint density at radius 2 is 1.54 bits per heavy atom. The predicted octanol–water partition coefficient (Wildman–Crippen LogP) is 4.46. The predicted molar refractivity (Wildman–Crippen MR) is 135 cm³/mol. The van der Waals surface area contributed by atoms with Crippen molar-refractivity contribution in [2.75, 3.05) is 18.5 Å². The van der Waals surface area contributed by atoms with Gasteiger partial charge in [-0.3, -0.25) is 9.59 Å². The highest BCUT2D eigenvalue weighted by molar-refractivity contribution is 6.39. The lowest BCUT2D eigenvalue weighted by molar-refractivity contribution is -0.136. The molecule has 0 radical (unpaired) electrons. The number of amides is 2. The van der Waals surface area contributed by atoms with Crippen molar-refractivity contribution in [3.05, 3.63) is 83.4 Å². The zero-order valence-corrected chi connectivity index (χ0v) is 20.0. The molecule has 0 heterocycles. The van der Waals surface area contributed by atoms with Gasteiger partial charge in [-0.1, -0.05) is 29.8 Å². The van der Waals surface area contributed by atoms with Gasteiger partial charge >= 0.3 is 11.8 Å². The second-order valence-corrected chi connectivity index (χ2v) is 7.52. The molecule has 0 saturated carbocycles. The summed E-state index contributed by atoms with van der Waals surface area (Å²) in [7, 11) is 0. The van der Waals surface area contributed by atoms with Crippen LogP contribution in [-0.4, -0.2) is 31.2 Å². The largest absolute Gasteiger partial charge is 0.494 e. The first-order valence-electron chi connectivity index (χ1n) is 11.3. The molecule has 8 heteroatoms. The molecule has 0 bridgehead atoms. The molecule has 3 aromatic rings. The molecule has 182 valence electrons. The quantitative estimate of drug-likeness (QED) is 0.256. The van der Waals surface area contributed by atoms with Gasteiger partial charge in [-0.25, -0.2) is 5.43 Å². The van der Waals surface area contributed by atoms with E-state index in [9.17, 15) is 9.59 Å². The Balaban J connectivity index is 1.56. The molecule has 8 nitrogen and oxygen atoms in total. The highest BCUT2D eigenvalue weighted by Gasteiger charge is 2.13. The van der Waals surface area contributed by atoms with Crippen molar-refractivity contribution >= 4 is 23.7 Å². The molecule has 0 aromatic heterocycles. The van der Waals surface area contributed by atoms with Crippen molar-refractivity contribution in [3.8, 4) is 17.2 Å². The van der Waals surface area contributed by atoms with Crippen LogP contribution in [0, 0.1) is 6.92 Å². The van der Waals surface area contributed by atoms with Crippen molar-refractivity contribution in [2.45, 2.75) is 27.4 Å². The Hall–Kier alpha value is -4.33. The van der Waals surface area contributed by atoms with E-state index in [0.717, 1.165) is 5.56 Å². The zero-order valence-electron chi connectivity index (χ0n) is 20.0. The Kier molecular flexibility index (Phi) is 9.24. The van der Waals surface area contributed by atoms with Crippen LogP contribution in [-0.2, 0) is 16.2 Å². The molecular weight excluding hydrogens is 446 g/mol. The molecule has 2 amide bonds. The van der Waals surface area contributed by atoms with E-state index in [-0.39, 0.29) is 0 Å². The Bertz CT molecular complexity index is 1160. The normalized spacial score (nSPS) is 10.6. The third-order valence-corrected chi connectivity index (χ3v) is 4.79. The van der Waals surface area contributed by atoms with Crippen LogP contribution >= 0.6 is 0 Å². The lowest BCUT2D eigenvalue weighted by Crippen LogP contribution is -2.32. The number of aryl methyl sites for hydroxylation is 1. The number of carbonyl (C=O) groups excluding carboxylic acids is 2. The Morgan fingerprint density at radius 1 is 0.829 bits per heavy atom. The fraction of sp³-hybridized carbons (Fsp3) is 0.222. The molecule has 0 aliphatic rings. The number of carbonyl (C=O) groups is 2. The van der Waals surface area contributed by atoms with Crippen LogP contribution in [0.5, 0.6) is 17.2 Å². The van der Waals surface area contributed by atoms with Gasteiger partial charge in [0.1, 0.15) is 12.4 Å². The highest BCUT2D eigenvalue weighted by Crippen LogP contribution is 2.29. The monoisotopic (exact) mass is 475 g/mol. The van der Waals surface area contributed by atoms with Crippen LogP contribution in [0.1, 0.15) is 30.5 Å². The van der Waals surface area contributed by atoms with Crippen molar-refractivity contribution in [1.82, 2.24) is 5.43 Å². The lowest BCUT2D eigenvalue weighted by Gasteiger charge is -2.12. The molecule has 0 saturated heterocycles. The maximum Gasteiger partial charge on any atom is 0.329 e. The number of rotatable bonds is 10. The van der Waals surface area contributed by atoms with E-state index in [1.807, 2.05) is 45.0 Å². The van der Waals surface area contributed by atoms with Crippen LogP contribution < -0.4 is 25.0 Å². The molecule has 0 unspecified atom stereocenters. The highest BCUT2D eigenvalue weighted by atomic mass is 16.5. The van der Waals surface area contributed by atoms with Crippen LogP contribution in [0.15, 0.2) is 71.8 Å². The molecule has 0 fully saturated rings. The summed E-state index contributed by atoms with van der Waals surface area (Å²) in [6.07, 6.45) is 1.42. The first-order chi connectivity index (χ1) is 17.0. The first-order valence-corrected chi connectivity index (χ1v) is 11.3. The third-order valence-electron chi connectivity index (χ3n) is 4.79. The van der Waals surface area contributed by atoms with Gasteiger partial charge in [0.2, 0.25) is 0 Å². The summed E-state index contributed by atoms with van der Waals surface area (Å²) in [4.78, 5) is 24.2. The van der Waals surface area contributed by atoms with E-state index >= 15 is 0 Å². The molecule has 0 spiro atoms. The van der Waals surface area contributed by atoms with Gasteiger partial charge in [0.05, 0.1) is 19.4 Å². The average Bonchev–Trinajstić information content (AvgIpc) is 2.86. The average molecular weight is 476 g/mol. The smallest absolute Gasteiger partial charge is 0.329 e. The number of hydrogen-bond acceptors (Lipinski definition) is 6. The number of ether oxygens (including phenoxy) is 3. The number of hydrogen-bond donors (Lipinski definition) is 2. The first kappa shape index (κ1) is 25.3. The fourth-order valence-electron chi connectivity index (χ4n) is 3.04. The summed E-state index contributed by atoms with van der Waals surface area (Å²) in [5.41, 5.74) is 5.60. The van der Waals surface area contributed by atoms with E-state index in [1.54, 1.807) is 42.5 Å². The maximum atomic E-state index is 12.1. The Morgan fingerprint density at radius 3 is 2.23 bits per heavy atom. The van der Waals surface area contributed by atoms with Gasteiger partial charge in [0.15, 0.2) is 11.5 Å². The Labute approximate surface area is 204 Å².